The number of hydrogen-bond donors (Lipinski definition) is 9. The molecule has 1 amide bonds. The van der Waals surface area contributed by atoms with Crippen molar-refractivity contribution in [3.63, 3.8) is 0 Å². The van der Waals surface area contributed by atoms with Gasteiger partial charge < -0.3 is 65.1 Å². The van der Waals surface area contributed by atoms with Gasteiger partial charge in [0.05, 0.1) is 32.0 Å². The summed E-state index contributed by atoms with van der Waals surface area (Å²) in [5.41, 5.74) is 0. The van der Waals surface area contributed by atoms with E-state index in [1.807, 2.05) is 6.08 Å². The smallest absolute Gasteiger partial charge is 0.220 e. The van der Waals surface area contributed by atoms with Gasteiger partial charge in [-0.15, -0.1) is 0 Å². The Hall–Kier alpha value is -2.05. The number of carbonyl (C=O) groups is 1. The SMILES string of the molecule is CCCCCCC/C=C\C/C=C\C/C=C\CCCCCCCCC(=O)NC(COC1OC(CO)C(OC2OC(CO)C(O)C(O)C2O)C(O)C1O)C(O)/C=C/CCCCCCCCCC. The summed E-state index contributed by atoms with van der Waals surface area (Å²) in [6.45, 7) is 2.72. The fraction of sp³-hybridized carbons (Fsp3) is 0.824. The van der Waals surface area contributed by atoms with Crippen LogP contribution in [0.25, 0.3) is 0 Å². The van der Waals surface area contributed by atoms with Crippen LogP contribution in [0.15, 0.2) is 48.6 Å². The molecule has 0 aliphatic carbocycles. The predicted molar refractivity (Wildman–Crippen MR) is 254 cm³/mol. The van der Waals surface area contributed by atoms with Crippen LogP contribution in [0.3, 0.4) is 0 Å². The van der Waals surface area contributed by atoms with Gasteiger partial charge in [0.15, 0.2) is 12.6 Å². The number of aliphatic hydroxyl groups excluding tert-OH is 8. The Balaban J connectivity index is 1.81. The highest BCUT2D eigenvalue weighted by Gasteiger charge is 2.51. The summed E-state index contributed by atoms with van der Waals surface area (Å²) < 4.78 is 22.6. The molecule has 9 N–H and O–H groups in total. The molecule has 0 aromatic carbocycles. The number of aliphatic hydroxyl groups is 8. The van der Waals surface area contributed by atoms with Crippen LogP contribution in [0.2, 0.25) is 0 Å². The molecule has 0 bridgehead atoms. The maximum Gasteiger partial charge on any atom is 0.220 e. The van der Waals surface area contributed by atoms with Crippen molar-refractivity contribution >= 4 is 5.91 Å². The molecule has 0 spiro atoms. The van der Waals surface area contributed by atoms with Crippen LogP contribution in [0, 0.1) is 0 Å². The van der Waals surface area contributed by atoms with Gasteiger partial charge in [0, 0.05) is 6.42 Å². The second-order valence-electron chi connectivity index (χ2n) is 17.9. The maximum atomic E-state index is 13.1. The summed E-state index contributed by atoms with van der Waals surface area (Å²) >= 11 is 0. The van der Waals surface area contributed by atoms with Crippen LogP contribution in [-0.4, -0.2) is 140 Å². The van der Waals surface area contributed by atoms with Crippen LogP contribution in [-0.2, 0) is 23.7 Å². The number of unbranched alkanes of at least 4 members (excludes halogenated alkanes) is 19. The monoisotopic (exact) mass is 926 g/mol. The van der Waals surface area contributed by atoms with Gasteiger partial charge in [-0.25, -0.2) is 0 Å². The van der Waals surface area contributed by atoms with E-state index in [0.29, 0.717) is 6.42 Å². The van der Waals surface area contributed by atoms with Crippen molar-refractivity contribution < 1.29 is 64.6 Å². The number of rotatable bonds is 38. The van der Waals surface area contributed by atoms with Crippen molar-refractivity contribution in [3.8, 4) is 0 Å². The van der Waals surface area contributed by atoms with Crippen LogP contribution in [0.1, 0.15) is 174 Å². The molecule has 14 nitrogen and oxygen atoms in total. The lowest BCUT2D eigenvalue weighted by molar-refractivity contribution is -0.359. The van der Waals surface area contributed by atoms with Gasteiger partial charge in [-0.2, -0.15) is 0 Å². The average molecular weight is 926 g/mol. The molecule has 2 saturated heterocycles. The number of amides is 1. The van der Waals surface area contributed by atoms with Crippen LogP contribution in [0.4, 0.5) is 0 Å². The molecule has 0 aromatic heterocycles. The summed E-state index contributed by atoms with van der Waals surface area (Å²) in [6.07, 6.45) is 27.3. The molecule has 2 heterocycles. The van der Waals surface area contributed by atoms with E-state index in [0.717, 1.165) is 70.6 Å². The van der Waals surface area contributed by atoms with Gasteiger partial charge in [-0.05, 0) is 57.8 Å². The zero-order chi connectivity index (χ0) is 47.5. The normalized spacial score (nSPS) is 27.4. The molecular weight excluding hydrogens is 835 g/mol. The minimum Gasteiger partial charge on any atom is -0.394 e. The van der Waals surface area contributed by atoms with Crippen LogP contribution < -0.4 is 5.32 Å². The molecular formula is C51H91NO13. The third-order valence-electron chi connectivity index (χ3n) is 12.3. The van der Waals surface area contributed by atoms with Gasteiger partial charge in [-0.3, -0.25) is 4.79 Å². The van der Waals surface area contributed by atoms with E-state index in [-0.39, 0.29) is 18.9 Å². The first-order valence-corrected chi connectivity index (χ1v) is 25.4. The minimum atomic E-state index is -1.79. The Bertz CT molecular complexity index is 1280. The third kappa shape index (κ3) is 25.2. The van der Waals surface area contributed by atoms with Crippen LogP contribution >= 0.6 is 0 Å². The molecule has 0 saturated carbocycles. The van der Waals surface area contributed by atoms with Crippen molar-refractivity contribution in [1.82, 2.24) is 5.32 Å². The summed E-state index contributed by atoms with van der Waals surface area (Å²) in [6, 6.07) is -0.920. The van der Waals surface area contributed by atoms with E-state index >= 15 is 0 Å². The molecule has 0 radical (unpaired) electrons. The fourth-order valence-electron chi connectivity index (χ4n) is 8.06. The molecule has 12 unspecified atom stereocenters. The summed E-state index contributed by atoms with van der Waals surface area (Å²) in [4.78, 5) is 13.1. The van der Waals surface area contributed by atoms with Gasteiger partial charge in [0.25, 0.3) is 0 Å². The van der Waals surface area contributed by atoms with Gasteiger partial charge in [0.2, 0.25) is 5.91 Å². The first kappa shape index (κ1) is 59.1. The standard InChI is InChI=1S/C51H91NO13/c1-3-5-7-9-11-13-15-16-17-18-19-20-21-22-23-24-25-27-29-31-33-35-43(56)52-39(40(55)34-32-30-28-26-14-12-10-8-6-4-2)38-62-50-48(61)46(59)49(42(37-54)64-50)65-51-47(60)45(58)44(57)41(36-53)63-51/h15-16,18-19,21-22,32,34,39-42,44-51,53-55,57-61H,3-14,17,20,23-31,33,35-38H2,1-2H3,(H,52,56)/b16-15-,19-18-,22-21-,34-32+. The van der Waals surface area contributed by atoms with Crippen molar-refractivity contribution in [2.75, 3.05) is 19.8 Å². The maximum absolute atomic E-state index is 13.1. The van der Waals surface area contributed by atoms with Gasteiger partial charge in [-0.1, -0.05) is 159 Å². The van der Waals surface area contributed by atoms with Crippen LogP contribution in [0.5, 0.6) is 0 Å². The molecule has 2 aliphatic heterocycles. The van der Waals surface area contributed by atoms with E-state index in [2.05, 4.69) is 55.6 Å². The number of hydrogen-bond acceptors (Lipinski definition) is 13. The molecule has 2 aliphatic rings. The van der Waals surface area contributed by atoms with E-state index in [9.17, 15) is 45.6 Å². The fourth-order valence-corrected chi connectivity index (χ4v) is 8.06. The zero-order valence-corrected chi connectivity index (χ0v) is 40.0. The third-order valence-corrected chi connectivity index (χ3v) is 12.3. The molecule has 14 heteroatoms. The Kier molecular flexibility index (Phi) is 34.4. The number of carbonyl (C=O) groups excluding carboxylic acids is 1. The number of nitrogens with one attached hydrogen (secondary N) is 1. The highest BCUT2D eigenvalue weighted by molar-refractivity contribution is 5.76. The molecule has 2 fully saturated rings. The Morgan fingerprint density at radius 2 is 1.02 bits per heavy atom. The lowest BCUT2D eigenvalue weighted by Gasteiger charge is -2.46. The topological polar surface area (TPSA) is 228 Å². The molecule has 65 heavy (non-hydrogen) atoms. The van der Waals surface area contributed by atoms with E-state index in [1.165, 1.54) is 77.0 Å². The summed E-state index contributed by atoms with van der Waals surface area (Å²) in [5, 5.41) is 86.6. The van der Waals surface area contributed by atoms with E-state index in [4.69, 9.17) is 18.9 Å². The Labute approximate surface area is 391 Å². The lowest BCUT2D eigenvalue weighted by atomic mass is 9.97. The zero-order valence-electron chi connectivity index (χ0n) is 40.0. The number of allylic oxidation sites excluding steroid dienone is 7. The Morgan fingerprint density at radius 1 is 0.554 bits per heavy atom. The lowest BCUT2D eigenvalue weighted by Crippen LogP contribution is -2.65. The van der Waals surface area contributed by atoms with Gasteiger partial charge >= 0.3 is 0 Å². The quantitative estimate of drug-likeness (QED) is 0.0239. The van der Waals surface area contributed by atoms with Crippen molar-refractivity contribution in [2.45, 2.75) is 248 Å². The highest BCUT2D eigenvalue weighted by Crippen LogP contribution is 2.30. The van der Waals surface area contributed by atoms with E-state index < -0.39 is 86.8 Å². The first-order chi connectivity index (χ1) is 31.6. The molecule has 2 rings (SSSR count). The first-order valence-electron chi connectivity index (χ1n) is 25.4. The summed E-state index contributed by atoms with van der Waals surface area (Å²) in [7, 11) is 0. The minimum absolute atomic E-state index is 0.256. The molecule has 12 atom stereocenters. The molecule has 0 aromatic rings. The number of ether oxygens (including phenoxy) is 4. The second kappa shape index (κ2) is 37.9. The predicted octanol–water partition coefficient (Wildman–Crippen LogP) is 6.49. The summed E-state index contributed by atoms with van der Waals surface area (Å²) in [5.74, 6) is -0.256. The average Bonchev–Trinajstić information content (AvgIpc) is 3.30. The highest BCUT2D eigenvalue weighted by atomic mass is 16.7. The Morgan fingerprint density at radius 3 is 1.55 bits per heavy atom. The van der Waals surface area contributed by atoms with Crippen molar-refractivity contribution in [2.24, 2.45) is 0 Å². The van der Waals surface area contributed by atoms with E-state index in [1.54, 1.807) is 6.08 Å². The van der Waals surface area contributed by atoms with Crippen molar-refractivity contribution in [3.05, 3.63) is 48.6 Å². The van der Waals surface area contributed by atoms with Gasteiger partial charge in [0.1, 0.15) is 48.8 Å². The second-order valence-corrected chi connectivity index (χ2v) is 17.9. The largest absolute Gasteiger partial charge is 0.394 e. The van der Waals surface area contributed by atoms with Crippen molar-refractivity contribution in [1.29, 1.82) is 0 Å². The molecule has 378 valence electrons.